The third-order valence-electron chi connectivity index (χ3n) is 6.76. The summed E-state index contributed by atoms with van der Waals surface area (Å²) >= 11 is 0. The van der Waals surface area contributed by atoms with Gasteiger partial charge in [0.25, 0.3) is 0 Å². The SMILES string of the molecule is O=C(Cn1c2ccccc2c(=O)c2ccccc21)N1CCN(Cc2nc(-c3ccccc3)no2)CC1. The van der Waals surface area contributed by atoms with Gasteiger partial charge in [-0.1, -0.05) is 59.8 Å². The molecule has 0 unspecified atom stereocenters. The van der Waals surface area contributed by atoms with Crippen molar-refractivity contribution in [3.63, 3.8) is 0 Å². The molecule has 1 fully saturated rings. The van der Waals surface area contributed by atoms with Gasteiger partial charge in [0.15, 0.2) is 5.43 Å². The maximum atomic E-state index is 13.3. The maximum Gasteiger partial charge on any atom is 0.242 e. The van der Waals surface area contributed by atoms with Gasteiger partial charge in [-0.15, -0.1) is 0 Å². The van der Waals surface area contributed by atoms with Crippen LogP contribution in [-0.4, -0.2) is 56.6 Å². The number of para-hydroxylation sites is 2. The number of benzene rings is 3. The van der Waals surface area contributed by atoms with E-state index in [2.05, 4.69) is 15.0 Å². The van der Waals surface area contributed by atoms with Gasteiger partial charge in [0.05, 0.1) is 17.6 Å². The number of nitrogens with zero attached hydrogens (tertiary/aromatic N) is 5. The number of hydrogen-bond acceptors (Lipinski definition) is 6. The Hall–Kier alpha value is -4.30. The van der Waals surface area contributed by atoms with E-state index < -0.39 is 0 Å². The molecular formula is C28H25N5O3. The predicted molar refractivity (Wildman–Crippen MR) is 137 cm³/mol. The fraction of sp³-hybridized carbons (Fsp3) is 0.214. The molecule has 0 spiro atoms. The summed E-state index contributed by atoms with van der Waals surface area (Å²) < 4.78 is 7.42. The lowest BCUT2D eigenvalue weighted by molar-refractivity contribution is -0.133. The Morgan fingerprint density at radius 3 is 2.08 bits per heavy atom. The molecule has 1 amide bonds. The molecule has 1 aliphatic rings. The van der Waals surface area contributed by atoms with E-state index in [0.29, 0.717) is 42.1 Å². The molecule has 0 saturated carbocycles. The standard InChI is InChI=1S/C28H25N5O3/c34-26(19-33-23-12-6-4-10-21(23)27(35)22-11-5-7-13-24(22)33)32-16-14-31(15-17-32)18-25-29-28(30-36-25)20-8-2-1-3-9-20/h1-13H,14-19H2. The van der Waals surface area contributed by atoms with E-state index in [1.165, 1.54) is 0 Å². The first-order valence-electron chi connectivity index (χ1n) is 12.1. The Balaban J connectivity index is 1.15. The van der Waals surface area contributed by atoms with Crippen LogP contribution in [0.1, 0.15) is 5.89 Å². The van der Waals surface area contributed by atoms with Crippen LogP contribution in [0.5, 0.6) is 0 Å². The highest BCUT2D eigenvalue weighted by atomic mass is 16.5. The number of carbonyl (C=O) groups excluding carboxylic acids is 1. The maximum absolute atomic E-state index is 13.3. The molecule has 1 saturated heterocycles. The van der Waals surface area contributed by atoms with Crippen molar-refractivity contribution in [3.8, 4) is 11.4 Å². The molecule has 3 heterocycles. The quantitative estimate of drug-likeness (QED) is 0.359. The molecule has 5 aromatic rings. The van der Waals surface area contributed by atoms with Gasteiger partial charge < -0.3 is 14.0 Å². The van der Waals surface area contributed by atoms with Crippen LogP contribution in [0.2, 0.25) is 0 Å². The zero-order chi connectivity index (χ0) is 24.5. The summed E-state index contributed by atoms with van der Waals surface area (Å²) in [4.78, 5) is 34.9. The minimum absolute atomic E-state index is 0.00467. The fourth-order valence-electron chi connectivity index (χ4n) is 4.85. The molecular weight excluding hydrogens is 454 g/mol. The highest BCUT2D eigenvalue weighted by Gasteiger charge is 2.24. The zero-order valence-electron chi connectivity index (χ0n) is 19.7. The van der Waals surface area contributed by atoms with Gasteiger partial charge in [-0.05, 0) is 24.3 Å². The highest BCUT2D eigenvalue weighted by Crippen LogP contribution is 2.20. The summed E-state index contributed by atoms with van der Waals surface area (Å²) in [7, 11) is 0. The summed E-state index contributed by atoms with van der Waals surface area (Å²) in [6.45, 7) is 3.42. The Morgan fingerprint density at radius 2 is 1.42 bits per heavy atom. The van der Waals surface area contributed by atoms with Crippen LogP contribution in [0, 0.1) is 0 Å². The molecule has 6 rings (SSSR count). The van der Waals surface area contributed by atoms with Crippen LogP contribution in [0.25, 0.3) is 33.2 Å². The van der Waals surface area contributed by atoms with E-state index in [1.807, 2.05) is 88.3 Å². The number of aromatic nitrogens is 3. The lowest BCUT2D eigenvalue weighted by Gasteiger charge is -2.34. The second-order valence-corrected chi connectivity index (χ2v) is 8.98. The molecule has 3 aromatic carbocycles. The van der Waals surface area contributed by atoms with Gasteiger partial charge in [-0.3, -0.25) is 14.5 Å². The normalized spacial score (nSPS) is 14.5. The summed E-state index contributed by atoms with van der Waals surface area (Å²) in [6, 6.07) is 24.7. The molecule has 0 radical (unpaired) electrons. The third kappa shape index (κ3) is 4.16. The average Bonchev–Trinajstić information content (AvgIpc) is 3.40. The minimum Gasteiger partial charge on any atom is -0.339 e. The van der Waals surface area contributed by atoms with E-state index in [0.717, 1.165) is 29.7 Å². The van der Waals surface area contributed by atoms with Crippen molar-refractivity contribution in [2.75, 3.05) is 26.2 Å². The summed E-state index contributed by atoms with van der Waals surface area (Å²) in [5.74, 6) is 1.19. The minimum atomic E-state index is -0.00467. The van der Waals surface area contributed by atoms with E-state index in [4.69, 9.17) is 4.52 Å². The highest BCUT2D eigenvalue weighted by molar-refractivity contribution is 5.94. The topological polar surface area (TPSA) is 84.5 Å². The number of hydrogen-bond donors (Lipinski definition) is 0. The van der Waals surface area contributed by atoms with Crippen LogP contribution >= 0.6 is 0 Å². The molecule has 2 aromatic heterocycles. The van der Waals surface area contributed by atoms with E-state index in [1.54, 1.807) is 0 Å². The molecule has 8 heteroatoms. The lowest BCUT2D eigenvalue weighted by Crippen LogP contribution is -2.49. The Labute approximate surface area is 207 Å². The summed E-state index contributed by atoms with van der Waals surface area (Å²) in [5, 5.41) is 5.35. The predicted octanol–water partition coefficient (Wildman–Crippen LogP) is 3.55. The van der Waals surface area contributed by atoms with Gasteiger partial charge >= 0.3 is 0 Å². The first-order valence-corrected chi connectivity index (χ1v) is 12.1. The number of carbonyl (C=O) groups is 1. The van der Waals surface area contributed by atoms with Gasteiger partial charge in [-0.25, -0.2) is 0 Å². The van der Waals surface area contributed by atoms with Crippen LogP contribution < -0.4 is 5.43 Å². The smallest absolute Gasteiger partial charge is 0.242 e. The van der Waals surface area contributed by atoms with E-state index >= 15 is 0 Å². The molecule has 0 bridgehead atoms. The zero-order valence-corrected chi connectivity index (χ0v) is 19.7. The number of rotatable bonds is 5. The second-order valence-electron chi connectivity index (χ2n) is 8.98. The third-order valence-corrected chi connectivity index (χ3v) is 6.76. The Kier molecular flexibility index (Phi) is 5.79. The molecule has 0 N–H and O–H groups in total. The van der Waals surface area contributed by atoms with Gasteiger partial charge in [0.1, 0.15) is 6.54 Å². The van der Waals surface area contributed by atoms with Crippen LogP contribution in [0.4, 0.5) is 0 Å². The van der Waals surface area contributed by atoms with Crippen molar-refractivity contribution >= 4 is 27.7 Å². The average molecular weight is 480 g/mol. The van der Waals surface area contributed by atoms with Crippen molar-refractivity contribution in [3.05, 3.63) is 95.0 Å². The van der Waals surface area contributed by atoms with Gasteiger partial charge in [-0.2, -0.15) is 4.98 Å². The second kappa shape index (κ2) is 9.39. The largest absolute Gasteiger partial charge is 0.339 e. The van der Waals surface area contributed by atoms with Gasteiger partial charge in [0.2, 0.25) is 17.6 Å². The fourth-order valence-corrected chi connectivity index (χ4v) is 4.85. The molecule has 1 aliphatic heterocycles. The van der Waals surface area contributed by atoms with E-state index in [9.17, 15) is 9.59 Å². The Bertz CT molecular complexity index is 1540. The number of piperazine rings is 1. The van der Waals surface area contributed by atoms with Crippen LogP contribution in [0.15, 0.2) is 88.2 Å². The molecule has 0 atom stereocenters. The van der Waals surface area contributed by atoms with Crippen LogP contribution in [0.3, 0.4) is 0 Å². The van der Waals surface area contributed by atoms with Crippen molar-refractivity contribution in [2.24, 2.45) is 0 Å². The first-order chi connectivity index (χ1) is 17.7. The number of amides is 1. The van der Waals surface area contributed by atoms with Crippen molar-refractivity contribution in [2.45, 2.75) is 13.1 Å². The Morgan fingerprint density at radius 1 is 0.806 bits per heavy atom. The van der Waals surface area contributed by atoms with Crippen LogP contribution in [-0.2, 0) is 17.9 Å². The molecule has 36 heavy (non-hydrogen) atoms. The van der Waals surface area contributed by atoms with Crippen molar-refractivity contribution in [1.82, 2.24) is 24.5 Å². The molecule has 180 valence electrons. The number of fused-ring (bicyclic) bond motifs is 2. The van der Waals surface area contributed by atoms with Crippen molar-refractivity contribution in [1.29, 1.82) is 0 Å². The lowest BCUT2D eigenvalue weighted by atomic mass is 10.1. The summed E-state index contributed by atoms with van der Waals surface area (Å²) in [6.07, 6.45) is 0. The van der Waals surface area contributed by atoms with Gasteiger partial charge in [0, 0.05) is 42.5 Å². The molecule has 0 aliphatic carbocycles. The molecule has 8 nitrogen and oxygen atoms in total. The summed E-state index contributed by atoms with van der Waals surface area (Å²) in [5.41, 5.74) is 2.47. The monoisotopic (exact) mass is 479 g/mol. The van der Waals surface area contributed by atoms with E-state index in [-0.39, 0.29) is 17.9 Å². The first kappa shape index (κ1) is 22.2. The number of pyridine rings is 1. The van der Waals surface area contributed by atoms with Crippen molar-refractivity contribution < 1.29 is 9.32 Å².